The number of carbonyl (C=O) groups is 1. The van der Waals surface area contributed by atoms with Crippen LogP contribution in [0, 0.1) is 5.92 Å². The van der Waals surface area contributed by atoms with E-state index in [0.29, 0.717) is 23.8 Å². The molecule has 0 radical (unpaired) electrons. The van der Waals surface area contributed by atoms with Crippen molar-refractivity contribution in [1.82, 2.24) is 9.88 Å². The Morgan fingerprint density at radius 2 is 1.88 bits per heavy atom. The molecule has 2 aromatic carbocycles. The fourth-order valence-electron chi connectivity index (χ4n) is 4.09. The lowest BCUT2D eigenvalue weighted by Crippen LogP contribution is -2.37. The summed E-state index contributed by atoms with van der Waals surface area (Å²) in [7, 11) is 0. The molecular formula is C27H31ClN2O2S. The minimum absolute atomic E-state index is 0.226. The summed E-state index contributed by atoms with van der Waals surface area (Å²) in [6, 6.07) is 16.5. The van der Waals surface area contributed by atoms with Crippen molar-refractivity contribution < 1.29 is 9.53 Å². The van der Waals surface area contributed by atoms with Gasteiger partial charge in [-0.1, -0.05) is 61.8 Å². The molecule has 1 aromatic heterocycles. The molecule has 174 valence electrons. The number of morpholine rings is 1. The fourth-order valence-corrected chi connectivity index (χ4v) is 5.36. The molecule has 4 nitrogen and oxygen atoms in total. The van der Waals surface area contributed by atoms with Gasteiger partial charge in [0.05, 0.1) is 30.2 Å². The lowest BCUT2D eigenvalue weighted by Gasteiger charge is -2.26. The van der Waals surface area contributed by atoms with Crippen LogP contribution in [0.5, 0.6) is 0 Å². The molecular weight excluding hydrogens is 452 g/mol. The molecule has 1 aliphatic heterocycles. The maximum Gasteiger partial charge on any atom is 0.139 e. The van der Waals surface area contributed by atoms with Crippen LogP contribution >= 0.6 is 22.9 Å². The summed E-state index contributed by atoms with van der Waals surface area (Å²) in [5.74, 6) is 0.568. The number of rotatable bonds is 9. The predicted molar refractivity (Wildman–Crippen MR) is 137 cm³/mol. The fraction of sp³-hybridized carbons (Fsp3) is 0.407. The molecule has 0 saturated carbocycles. The summed E-state index contributed by atoms with van der Waals surface area (Å²) < 4.78 is 5.43. The third-order valence-electron chi connectivity index (χ3n) is 5.81. The third kappa shape index (κ3) is 6.73. The number of aromatic nitrogens is 1. The van der Waals surface area contributed by atoms with E-state index in [-0.39, 0.29) is 5.78 Å². The van der Waals surface area contributed by atoms with E-state index in [9.17, 15) is 4.79 Å². The zero-order chi connectivity index (χ0) is 23.2. The van der Waals surface area contributed by atoms with Crippen molar-refractivity contribution in [3.8, 4) is 21.0 Å². The van der Waals surface area contributed by atoms with Crippen molar-refractivity contribution >= 4 is 28.7 Å². The summed E-state index contributed by atoms with van der Waals surface area (Å²) >= 11 is 7.89. The van der Waals surface area contributed by atoms with Crippen molar-refractivity contribution in [3.05, 3.63) is 64.8 Å². The molecule has 0 unspecified atom stereocenters. The van der Waals surface area contributed by atoms with Gasteiger partial charge >= 0.3 is 0 Å². The number of hydrogen-bond donors (Lipinski definition) is 0. The Hall–Kier alpha value is -2.05. The van der Waals surface area contributed by atoms with E-state index in [0.717, 1.165) is 66.0 Å². The second-order valence-electron chi connectivity index (χ2n) is 9.02. The largest absolute Gasteiger partial charge is 0.379 e. The number of ketones is 1. The van der Waals surface area contributed by atoms with Crippen LogP contribution in [0.25, 0.3) is 21.0 Å². The maximum atomic E-state index is 12.6. The molecule has 33 heavy (non-hydrogen) atoms. The number of thiazole rings is 1. The Morgan fingerprint density at radius 1 is 1.12 bits per heavy atom. The topological polar surface area (TPSA) is 42.4 Å². The van der Waals surface area contributed by atoms with Gasteiger partial charge in [0.15, 0.2) is 0 Å². The molecule has 0 atom stereocenters. The molecule has 1 fully saturated rings. The van der Waals surface area contributed by atoms with Gasteiger partial charge in [0, 0.05) is 36.6 Å². The summed E-state index contributed by atoms with van der Waals surface area (Å²) in [5.41, 5.74) is 4.27. The molecule has 0 spiro atoms. The van der Waals surface area contributed by atoms with Gasteiger partial charge in [0.2, 0.25) is 0 Å². The number of nitrogens with zero attached hydrogens (tertiary/aromatic N) is 2. The average molecular weight is 483 g/mol. The van der Waals surface area contributed by atoms with Crippen LogP contribution in [0.3, 0.4) is 0 Å². The van der Waals surface area contributed by atoms with Crippen LogP contribution in [0.2, 0.25) is 5.02 Å². The highest BCUT2D eigenvalue weighted by atomic mass is 35.5. The van der Waals surface area contributed by atoms with Gasteiger partial charge in [-0.25, -0.2) is 4.98 Å². The van der Waals surface area contributed by atoms with Gasteiger partial charge in [-0.15, -0.1) is 11.3 Å². The molecule has 0 aliphatic carbocycles. The van der Waals surface area contributed by atoms with Crippen molar-refractivity contribution in [2.45, 2.75) is 33.1 Å². The van der Waals surface area contributed by atoms with Gasteiger partial charge in [0.25, 0.3) is 0 Å². The molecule has 3 aromatic rings. The first-order chi connectivity index (χ1) is 16.0. The maximum absolute atomic E-state index is 12.6. The number of halogens is 1. The molecule has 4 rings (SSSR count). The number of benzene rings is 2. The van der Waals surface area contributed by atoms with Gasteiger partial charge in [-0.2, -0.15) is 0 Å². The summed E-state index contributed by atoms with van der Waals surface area (Å²) in [4.78, 5) is 21.0. The molecule has 0 bridgehead atoms. The first kappa shape index (κ1) is 24.1. The third-order valence-corrected chi connectivity index (χ3v) is 7.24. The van der Waals surface area contributed by atoms with Crippen LogP contribution in [-0.2, 0) is 22.4 Å². The van der Waals surface area contributed by atoms with E-state index in [2.05, 4.69) is 43.0 Å². The lowest BCUT2D eigenvalue weighted by atomic mass is 10.0. The summed E-state index contributed by atoms with van der Waals surface area (Å²) in [6.45, 7) is 8.90. The second kappa shape index (κ2) is 11.4. The molecule has 1 aliphatic rings. The van der Waals surface area contributed by atoms with Crippen LogP contribution in [0.4, 0.5) is 0 Å². The van der Waals surface area contributed by atoms with E-state index in [4.69, 9.17) is 21.3 Å². The van der Waals surface area contributed by atoms with Crippen LogP contribution in [-0.4, -0.2) is 48.5 Å². The smallest absolute Gasteiger partial charge is 0.139 e. The molecule has 6 heteroatoms. The number of carbonyl (C=O) groups excluding carboxylic acids is 1. The van der Waals surface area contributed by atoms with E-state index in [1.807, 2.05) is 24.3 Å². The van der Waals surface area contributed by atoms with E-state index in [1.165, 1.54) is 5.56 Å². The summed E-state index contributed by atoms with van der Waals surface area (Å²) in [6.07, 6.45) is 1.95. The highest BCUT2D eigenvalue weighted by Crippen LogP contribution is 2.37. The number of ether oxygens (including phenoxy) is 1. The van der Waals surface area contributed by atoms with Crippen molar-refractivity contribution in [3.63, 3.8) is 0 Å². The Labute approximate surface area is 205 Å². The summed E-state index contributed by atoms with van der Waals surface area (Å²) in [5, 5.41) is 1.63. The highest BCUT2D eigenvalue weighted by molar-refractivity contribution is 7.18. The Balaban J connectivity index is 1.54. The van der Waals surface area contributed by atoms with Gasteiger partial charge < -0.3 is 4.74 Å². The second-order valence-corrected chi connectivity index (χ2v) is 10.5. The van der Waals surface area contributed by atoms with Gasteiger partial charge in [-0.05, 0) is 35.6 Å². The van der Waals surface area contributed by atoms with E-state index >= 15 is 0 Å². The standard InChI is InChI=1S/C27H31ClN2O2S/c1-19(2)16-24(31)18-25-26(22-4-3-5-23(28)17-22)33-27(29-25)21-8-6-20(7-9-21)10-11-30-12-14-32-15-13-30/h3-9,17,19H,10-16,18H2,1-2H3. The van der Waals surface area contributed by atoms with Crippen molar-refractivity contribution in [1.29, 1.82) is 0 Å². The molecule has 1 saturated heterocycles. The Kier molecular flexibility index (Phi) is 8.31. The van der Waals surface area contributed by atoms with Crippen LogP contribution in [0.15, 0.2) is 48.5 Å². The zero-order valence-corrected chi connectivity index (χ0v) is 20.9. The highest BCUT2D eigenvalue weighted by Gasteiger charge is 2.18. The predicted octanol–water partition coefficient (Wildman–Crippen LogP) is 6.16. The molecule has 2 heterocycles. The van der Waals surface area contributed by atoms with E-state index in [1.54, 1.807) is 11.3 Å². The minimum atomic E-state index is 0.226. The van der Waals surface area contributed by atoms with Crippen LogP contribution in [0.1, 0.15) is 31.5 Å². The van der Waals surface area contributed by atoms with E-state index < -0.39 is 0 Å². The zero-order valence-electron chi connectivity index (χ0n) is 19.4. The minimum Gasteiger partial charge on any atom is -0.379 e. The SMILES string of the molecule is CC(C)CC(=O)Cc1nc(-c2ccc(CCN3CCOCC3)cc2)sc1-c1cccc(Cl)c1. The number of hydrogen-bond acceptors (Lipinski definition) is 5. The van der Waals surface area contributed by atoms with Gasteiger partial charge in [0.1, 0.15) is 10.8 Å². The number of Topliss-reactive ketones (excluding diaryl/α,β-unsaturated/α-hetero) is 1. The van der Waals surface area contributed by atoms with Gasteiger partial charge in [-0.3, -0.25) is 9.69 Å². The normalized spacial score (nSPS) is 14.7. The van der Waals surface area contributed by atoms with Crippen molar-refractivity contribution in [2.24, 2.45) is 5.92 Å². The van der Waals surface area contributed by atoms with Crippen LogP contribution < -0.4 is 0 Å². The monoisotopic (exact) mass is 482 g/mol. The Bertz CT molecular complexity index is 1070. The first-order valence-corrected chi connectivity index (χ1v) is 12.8. The van der Waals surface area contributed by atoms with Crippen molar-refractivity contribution in [2.75, 3.05) is 32.8 Å². The quantitative estimate of drug-likeness (QED) is 0.366. The average Bonchev–Trinajstić information content (AvgIpc) is 3.22. The first-order valence-electron chi connectivity index (χ1n) is 11.6. The molecule has 0 amide bonds. The lowest BCUT2D eigenvalue weighted by molar-refractivity contribution is -0.119. The molecule has 0 N–H and O–H groups in total. The Morgan fingerprint density at radius 3 is 2.58 bits per heavy atom.